The number of guanidine groups is 1. The molecule has 162 valence electrons. The Hall–Kier alpha value is -2.44. The molecule has 0 atom stereocenters. The van der Waals surface area contributed by atoms with Crippen molar-refractivity contribution < 1.29 is 14.3 Å². The number of hydrogen-bond donors (Lipinski definition) is 2. The normalized spacial score (nSPS) is 14.8. The number of carbonyl (C=O) groups excluding carboxylic acids is 1. The molecule has 0 aromatic heterocycles. The minimum Gasteiger partial charge on any atom is -0.493 e. The van der Waals surface area contributed by atoms with E-state index in [-0.39, 0.29) is 18.6 Å². The van der Waals surface area contributed by atoms with Crippen LogP contribution in [0.1, 0.15) is 45.1 Å². The molecule has 0 bridgehead atoms. The van der Waals surface area contributed by atoms with Gasteiger partial charge in [0.05, 0.1) is 26.3 Å². The maximum atomic E-state index is 11.9. The van der Waals surface area contributed by atoms with Crippen molar-refractivity contribution in [2.45, 2.75) is 52.2 Å². The zero-order valence-corrected chi connectivity index (χ0v) is 18.5. The van der Waals surface area contributed by atoms with E-state index in [1.54, 1.807) is 26.1 Å². The summed E-state index contributed by atoms with van der Waals surface area (Å²) in [6.07, 6.45) is 4.82. The number of nitrogens with one attached hydrogen (secondary N) is 2. The van der Waals surface area contributed by atoms with Gasteiger partial charge >= 0.3 is 0 Å². The zero-order valence-electron chi connectivity index (χ0n) is 18.5. The smallest absolute Gasteiger partial charge is 0.241 e. The molecule has 7 nitrogen and oxygen atoms in total. The molecule has 1 fully saturated rings. The number of rotatable bonds is 9. The fourth-order valence-corrected chi connectivity index (χ4v) is 3.11. The van der Waals surface area contributed by atoms with Crippen molar-refractivity contribution in [3.63, 3.8) is 0 Å². The van der Waals surface area contributed by atoms with E-state index in [9.17, 15) is 4.79 Å². The van der Waals surface area contributed by atoms with E-state index in [0.29, 0.717) is 18.4 Å². The Morgan fingerprint density at radius 3 is 2.59 bits per heavy atom. The van der Waals surface area contributed by atoms with Crippen LogP contribution in [0.5, 0.6) is 11.5 Å². The third kappa shape index (κ3) is 7.48. The van der Waals surface area contributed by atoms with Crippen LogP contribution in [0.2, 0.25) is 0 Å². The Morgan fingerprint density at radius 1 is 1.24 bits per heavy atom. The number of methoxy groups -OCH3 is 1. The lowest BCUT2D eigenvalue weighted by Crippen LogP contribution is -2.44. The van der Waals surface area contributed by atoms with Gasteiger partial charge in [0.2, 0.25) is 5.91 Å². The van der Waals surface area contributed by atoms with Crippen molar-refractivity contribution in [2.24, 2.45) is 10.9 Å². The highest BCUT2D eigenvalue weighted by atomic mass is 16.5. The molecule has 2 N–H and O–H groups in total. The zero-order chi connectivity index (χ0) is 21.2. The van der Waals surface area contributed by atoms with Gasteiger partial charge in [-0.05, 0) is 37.7 Å². The fraction of sp³-hybridized carbons (Fsp3) is 0.636. The number of hydrogen-bond acceptors (Lipinski definition) is 4. The number of ether oxygens (including phenoxy) is 2. The molecule has 1 aliphatic carbocycles. The molecule has 0 unspecified atom stereocenters. The molecule has 1 aromatic carbocycles. The van der Waals surface area contributed by atoms with Crippen LogP contribution in [0.3, 0.4) is 0 Å². The van der Waals surface area contributed by atoms with E-state index in [1.165, 1.54) is 12.8 Å². The Balaban J connectivity index is 2.15. The predicted molar refractivity (Wildman–Crippen MR) is 117 cm³/mol. The Kier molecular flexibility index (Phi) is 9.09. The van der Waals surface area contributed by atoms with E-state index in [4.69, 9.17) is 14.5 Å². The first kappa shape index (κ1) is 22.8. The minimum absolute atomic E-state index is 0.00400. The molecule has 1 saturated carbocycles. The monoisotopic (exact) mass is 404 g/mol. The molecule has 29 heavy (non-hydrogen) atoms. The van der Waals surface area contributed by atoms with Gasteiger partial charge in [-0.3, -0.25) is 4.79 Å². The fourth-order valence-electron chi connectivity index (χ4n) is 3.11. The average molecular weight is 405 g/mol. The molecule has 0 aliphatic heterocycles. The van der Waals surface area contributed by atoms with Crippen molar-refractivity contribution in [3.05, 3.63) is 23.8 Å². The van der Waals surface area contributed by atoms with Crippen LogP contribution in [0, 0.1) is 5.92 Å². The van der Waals surface area contributed by atoms with Crippen molar-refractivity contribution in [1.82, 2.24) is 15.5 Å². The molecule has 7 heteroatoms. The summed E-state index contributed by atoms with van der Waals surface area (Å²) in [5.74, 6) is 2.58. The highest BCUT2D eigenvalue weighted by Gasteiger charge is 2.20. The Morgan fingerprint density at radius 2 is 1.97 bits per heavy atom. The van der Waals surface area contributed by atoms with Gasteiger partial charge in [0, 0.05) is 26.2 Å². The molecule has 0 radical (unpaired) electrons. The summed E-state index contributed by atoms with van der Waals surface area (Å²) in [4.78, 5) is 18.2. The van der Waals surface area contributed by atoms with Crippen LogP contribution in [-0.2, 0) is 11.3 Å². The van der Waals surface area contributed by atoms with Crippen LogP contribution in [0.25, 0.3) is 0 Å². The lowest BCUT2D eigenvalue weighted by molar-refractivity contribution is -0.127. The lowest BCUT2D eigenvalue weighted by Gasteiger charge is -2.19. The van der Waals surface area contributed by atoms with E-state index < -0.39 is 0 Å². The van der Waals surface area contributed by atoms with Crippen molar-refractivity contribution in [1.29, 1.82) is 0 Å². The molecule has 2 rings (SSSR count). The summed E-state index contributed by atoms with van der Waals surface area (Å²) in [5.41, 5.74) is 0.973. The first-order valence-corrected chi connectivity index (χ1v) is 10.5. The SMILES string of the molecule is COc1cccc(CN=C(NCC(=O)N(C)C)NCC(C)C)c1OC1CCCC1. The van der Waals surface area contributed by atoms with E-state index in [2.05, 4.69) is 24.5 Å². The van der Waals surface area contributed by atoms with Crippen LogP contribution in [0.15, 0.2) is 23.2 Å². The second-order valence-corrected chi connectivity index (χ2v) is 8.05. The summed E-state index contributed by atoms with van der Waals surface area (Å²) < 4.78 is 11.8. The van der Waals surface area contributed by atoms with Crippen molar-refractivity contribution >= 4 is 11.9 Å². The Labute approximate surface area is 174 Å². The summed E-state index contributed by atoms with van der Waals surface area (Å²) >= 11 is 0. The summed E-state index contributed by atoms with van der Waals surface area (Å²) in [6.45, 7) is 5.66. The lowest BCUT2D eigenvalue weighted by atomic mass is 10.1. The van der Waals surface area contributed by atoms with E-state index in [0.717, 1.165) is 36.4 Å². The topological polar surface area (TPSA) is 75.2 Å². The largest absolute Gasteiger partial charge is 0.493 e. The molecule has 0 heterocycles. The first-order valence-electron chi connectivity index (χ1n) is 10.5. The average Bonchev–Trinajstić information content (AvgIpc) is 3.20. The number of nitrogens with zero attached hydrogens (tertiary/aromatic N) is 2. The standard InChI is InChI=1S/C22H36N4O3/c1-16(2)13-23-22(25-15-20(27)26(3)4)24-14-17-9-8-12-19(28-5)21(17)29-18-10-6-7-11-18/h8-9,12,16,18H,6-7,10-11,13-15H2,1-5H3,(H2,23,24,25). The van der Waals surface area contributed by atoms with Gasteiger partial charge in [-0.25, -0.2) is 4.99 Å². The maximum absolute atomic E-state index is 11.9. The predicted octanol–water partition coefficient (Wildman–Crippen LogP) is 2.80. The third-order valence-electron chi connectivity index (χ3n) is 4.86. The number of likely N-dealkylation sites (N-methyl/N-ethyl adjacent to an activating group) is 1. The van der Waals surface area contributed by atoms with Gasteiger partial charge in [-0.2, -0.15) is 0 Å². The molecule has 1 aromatic rings. The highest BCUT2D eigenvalue weighted by molar-refractivity contribution is 5.86. The maximum Gasteiger partial charge on any atom is 0.241 e. The second-order valence-electron chi connectivity index (χ2n) is 8.05. The number of para-hydroxylation sites is 1. The third-order valence-corrected chi connectivity index (χ3v) is 4.86. The quantitative estimate of drug-likeness (QED) is 0.489. The molecule has 1 amide bonds. The van der Waals surface area contributed by atoms with Gasteiger partial charge < -0.3 is 25.0 Å². The molecular formula is C22H36N4O3. The van der Waals surface area contributed by atoms with Gasteiger partial charge in [-0.1, -0.05) is 26.0 Å². The van der Waals surface area contributed by atoms with Crippen molar-refractivity contribution in [2.75, 3.05) is 34.3 Å². The van der Waals surface area contributed by atoms with Gasteiger partial charge in [0.15, 0.2) is 17.5 Å². The molecule has 1 aliphatic rings. The Bertz CT molecular complexity index is 683. The summed E-state index contributed by atoms with van der Waals surface area (Å²) in [7, 11) is 5.14. The van der Waals surface area contributed by atoms with E-state index >= 15 is 0 Å². The number of benzene rings is 1. The van der Waals surface area contributed by atoms with Crippen LogP contribution >= 0.6 is 0 Å². The summed E-state index contributed by atoms with van der Waals surface area (Å²) in [6, 6.07) is 5.89. The summed E-state index contributed by atoms with van der Waals surface area (Å²) in [5, 5.41) is 6.42. The second kappa shape index (κ2) is 11.5. The number of aliphatic imine (C=N–C) groups is 1. The molecule has 0 saturated heterocycles. The highest BCUT2D eigenvalue weighted by Crippen LogP contribution is 2.35. The van der Waals surface area contributed by atoms with E-state index in [1.807, 2.05) is 18.2 Å². The van der Waals surface area contributed by atoms with Crippen molar-refractivity contribution in [3.8, 4) is 11.5 Å². The van der Waals surface area contributed by atoms with Crippen LogP contribution < -0.4 is 20.1 Å². The molecular weight excluding hydrogens is 368 g/mol. The minimum atomic E-state index is -0.00400. The number of carbonyl (C=O) groups is 1. The van der Waals surface area contributed by atoms with Gasteiger partial charge in [0.25, 0.3) is 0 Å². The molecule has 0 spiro atoms. The van der Waals surface area contributed by atoms with Gasteiger partial charge in [0.1, 0.15) is 0 Å². The van der Waals surface area contributed by atoms with Crippen LogP contribution in [0.4, 0.5) is 0 Å². The number of amides is 1. The van der Waals surface area contributed by atoms with Gasteiger partial charge in [-0.15, -0.1) is 0 Å². The van der Waals surface area contributed by atoms with Crippen LogP contribution in [-0.4, -0.2) is 57.2 Å². The first-order chi connectivity index (χ1) is 13.9.